The van der Waals surface area contributed by atoms with Gasteiger partial charge in [0.05, 0.1) is 10.0 Å². The fourth-order valence-electron chi connectivity index (χ4n) is 1.16. The molecule has 1 aromatic carbocycles. The fraction of sp³-hybridized carbons (Fsp3) is 0.100. The fourth-order valence-corrected chi connectivity index (χ4v) is 1.66. The molecule has 1 aromatic heterocycles. The van der Waals surface area contributed by atoms with E-state index in [9.17, 15) is 4.79 Å². The van der Waals surface area contributed by atoms with Crippen LogP contribution in [-0.4, -0.2) is 16.4 Å². The van der Waals surface area contributed by atoms with E-state index in [4.69, 9.17) is 4.74 Å². The van der Waals surface area contributed by atoms with Crippen LogP contribution in [0.2, 0.25) is 0 Å². The molecule has 82 valence electrons. The van der Waals surface area contributed by atoms with E-state index in [0.717, 1.165) is 6.29 Å². The summed E-state index contributed by atoms with van der Waals surface area (Å²) < 4.78 is 10.7. The van der Waals surface area contributed by atoms with Gasteiger partial charge in [-0.3, -0.25) is 4.79 Å². The minimum absolute atomic E-state index is 0.153. The number of para-hydroxylation sites is 1. The van der Waals surface area contributed by atoms with Crippen LogP contribution in [0, 0.1) is 0 Å². The first-order valence-corrected chi connectivity index (χ1v) is 5.22. The monoisotopic (exact) mass is 282 g/mol. The van der Waals surface area contributed by atoms with E-state index >= 15 is 0 Å². The van der Waals surface area contributed by atoms with Gasteiger partial charge in [0.2, 0.25) is 12.2 Å². The maximum absolute atomic E-state index is 10.8. The summed E-state index contributed by atoms with van der Waals surface area (Å²) in [7, 11) is 0. The Labute approximate surface area is 99.5 Å². The van der Waals surface area contributed by atoms with Crippen molar-refractivity contribution in [1.82, 2.24) is 10.1 Å². The second-order valence-electron chi connectivity index (χ2n) is 2.91. The third kappa shape index (κ3) is 2.27. The zero-order valence-corrected chi connectivity index (χ0v) is 9.68. The molecule has 0 saturated heterocycles. The number of hydrogen-bond donors (Lipinski definition) is 0. The molecule has 0 fully saturated rings. The average molecular weight is 283 g/mol. The van der Waals surface area contributed by atoms with Gasteiger partial charge in [-0.1, -0.05) is 11.2 Å². The highest BCUT2D eigenvalue weighted by atomic mass is 79.9. The van der Waals surface area contributed by atoms with Crippen LogP contribution in [0.3, 0.4) is 0 Å². The summed E-state index contributed by atoms with van der Waals surface area (Å²) in [5.74, 6) is 0.898. The maximum Gasteiger partial charge on any atom is 0.213 e. The predicted octanol–water partition coefficient (Wildman–Crippen LogP) is 2.22. The van der Waals surface area contributed by atoms with Crippen molar-refractivity contribution in [1.29, 1.82) is 0 Å². The van der Waals surface area contributed by atoms with Crippen molar-refractivity contribution in [2.75, 3.05) is 0 Å². The van der Waals surface area contributed by atoms with E-state index in [1.807, 2.05) is 0 Å². The Kier molecular flexibility index (Phi) is 3.31. The van der Waals surface area contributed by atoms with E-state index < -0.39 is 0 Å². The molecule has 2 aromatic rings. The molecule has 0 aliphatic carbocycles. The molecule has 6 heteroatoms. The molecule has 5 nitrogen and oxygen atoms in total. The Morgan fingerprint density at radius 3 is 3.06 bits per heavy atom. The van der Waals surface area contributed by atoms with E-state index in [2.05, 4.69) is 30.6 Å². The van der Waals surface area contributed by atoms with Gasteiger partial charge in [0.1, 0.15) is 5.75 Å². The number of rotatable bonds is 4. The Hall–Kier alpha value is -1.69. The highest BCUT2D eigenvalue weighted by Crippen LogP contribution is 2.28. The Morgan fingerprint density at radius 1 is 1.50 bits per heavy atom. The van der Waals surface area contributed by atoms with Gasteiger partial charge in [0.25, 0.3) is 0 Å². The zero-order valence-electron chi connectivity index (χ0n) is 8.09. The molecule has 2 rings (SSSR count). The van der Waals surface area contributed by atoms with Gasteiger partial charge < -0.3 is 9.26 Å². The van der Waals surface area contributed by atoms with E-state index in [-0.39, 0.29) is 6.61 Å². The number of hydrogen-bond acceptors (Lipinski definition) is 5. The van der Waals surface area contributed by atoms with Crippen molar-refractivity contribution in [3.8, 4) is 5.75 Å². The van der Waals surface area contributed by atoms with Crippen LogP contribution in [0.4, 0.5) is 0 Å². The minimum Gasteiger partial charge on any atom is -0.484 e. The minimum atomic E-state index is 0.153. The van der Waals surface area contributed by atoms with Crippen LogP contribution >= 0.6 is 15.9 Å². The molecule has 1 heterocycles. The van der Waals surface area contributed by atoms with Crippen molar-refractivity contribution in [2.24, 2.45) is 0 Å². The lowest BCUT2D eigenvalue weighted by Gasteiger charge is -2.07. The molecule has 0 amide bonds. The second kappa shape index (κ2) is 4.89. The zero-order chi connectivity index (χ0) is 11.4. The van der Waals surface area contributed by atoms with E-state index in [1.165, 1.54) is 6.39 Å². The third-order valence-corrected chi connectivity index (χ3v) is 2.50. The quantitative estimate of drug-likeness (QED) is 0.805. The molecule has 0 radical (unpaired) electrons. The molecule has 0 bridgehead atoms. The van der Waals surface area contributed by atoms with Crippen LogP contribution in [0.25, 0.3) is 0 Å². The number of benzene rings is 1. The van der Waals surface area contributed by atoms with E-state index in [1.54, 1.807) is 18.2 Å². The van der Waals surface area contributed by atoms with Gasteiger partial charge in [-0.2, -0.15) is 4.98 Å². The van der Waals surface area contributed by atoms with Gasteiger partial charge >= 0.3 is 0 Å². The van der Waals surface area contributed by atoms with Gasteiger partial charge in [-0.15, -0.1) is 0 Å². The van der Waals surface area contributed by atoms with Gasteiger partial charge in [0.15, 0.2) is 12.9 Å². The van der Waals surface area contributed by atoms with Crippen LogP contribution in [0.5, 0.6) is 5.75 Å². The molecule has 16 heavy (non-hydrogen) atoms. The SMILES string of the molecule is O=Cc1cccc(Br)c1OCc1ncon1. The summed E-state index contributed by atoms with van der Waals surface area (Å²) >= 11 is 3.30. The Bertz CT molecular complexity index is 485. The standard InChI is InChI=1S/C10H7BrN2O3/c11-8-3-1-2-7(4-14)10(8)15-5-9-12-6-16-13-9/h1-4,6H,5H2. The molecule has 0 aliphatic rings. The first-order chi connectivity index (χ1) is 7.81. The first-order valence-electron chi connectivity index (χ1n) is 4.43. The lowest BCUT2D eigenvalue weighted by atomic mass is 10.2. The topological polar surface area (TPSA) is 65.2 Å². The summed E-state index contributed by atoms with van der Waals surface area (Å²) in [6, 6.07) is 5.22. The maximum atomic E-state index is 10.8. The largest absolute Gasteiger partial charge is 0.484 e. The molecule has 0 spiro atoms. The number of carbonyl (C=O) groups excluding carboxylic acids is 1. The summed E-state index contributed by atoms with van der Waals surface area (Å²) in [5.41, 5.74) is 0.470. The molecule has 0 saturated carbocycles. The lowest BCUT2D eigenvalue weighted by Crippen LogP contribution is -2.00. The average Bonchev–Trinajstić information content (AvgIpc) is 2.80. The van der Waals surface area contributed by atoms with Crippen molar-refractivity contribution >= 4 is 22.2 Å². The summed E-state index contributed by atoms with van der Waals surface area (Å²) in [6.45, 7) is 0.153. The Morgan fingerprint density at radius 2 is 2.38 bits per heavy atom. The van der Waals surface area contributed by atoms with Crippen LogP contribution in [0.1, 0.15) is 16.2 Å². The Balaban J connectivity index is 2.17. The second-order valence-corrected chi connectivity index (χ2v) is 3.77. The van der Waals surface area contributed by atoms with Gasteiger partial charge in [0, 0.05) is 0 Å². The number of carbonyl (C=O) groups is 1. The molecule has 0 atom stereocenters. The highest BCUT2D eigenvalue weighted by molar-refractivity contribution is 9.10. The molecular formula is C10H7BrN2O3. The summed E-state index contributed by atoms with van der Waals surface area (Å²) in [6.07, 6.45) is 1.95. The predicted molar refractivity (Wildman–Crippen MR) is 58.2 cm³/mol. The number of halogens is 1. The van der Waals surface area contributed by atoms with Gasteiger partial charge in [-0.05, 0) is 28.1 Å². The smallest absolute Gasteiger partial charge is 0.213 e. The molecule has 0 unspecified atom stereocenters. The summed E-state index contributed by atoms with van der Waals surface area (Å²) in [5, 5.41) is 3.60. The van der Waals surface area contributed by atoms with Crippen molar-refractivity contribution in [2.45, 2.75) is 6.61 Å². The molecular weight excluding hydrogens is 276 g/mol. The van der Waals surface area contributed by atoms with Crippen molar-refractivity contribution in [3.05, 3.63) is 40.5 Å². The van der Waals surface area contributed by atoms with Crippen molar-refractivity contribution in [3.63, 3.8) is 0 Å². The normalized spacial score (nSPS) is 10.1. The van der Waals surface area contributed by atoms with Crippen LogP contribution < -0.4 is 4.74 Å². The molecule has 0 N–H and O–H groups in total. The number of ether oxygens (including phenoxy) is 1. The molecule has 0 aliphatic heterocycles. The number of aromatic nitrogens is 2. The summed E-state index contributed by atoms with van der Waals surface area (Å²) in [4.78, 5) is 14.6. The van der Waals surface area contributed by atoms with Gasteiger partial charge in [-0.25, -0.2) is 0 Å². The lowest BCUT2D eigenvalue weighted by molar-refractivity contribution is 0.111. The third-order valence-electron chi connectivity index (χ3n) is 1.88. The highest BCUT2D eigenvalue weighted by Gasteiger charge is 2.08. The van der Waals surface area contributed by atoms with Crippen LogP contribution in [0.15, 0.2) is 33.6 Å². The number of aldehydes is 1. The first kappa shape index (κ1) is 10.8. The number of nitrogens with zero attached hydrogens (tertiary/aromatic N) is 2. The van der Waals surface area contributed by atoms with E-state index in [0.29, 0.717) is 21.6 Å². The van der Waals surface area contributed by atoms with Crippen LogP contribution in [-0.2, 0) is 6.61 Å². The van der Waals surface area contributed by atoms with Crippen molar-refractivity contribution < 1.29 is 14.1 Å².